The summed E-state index contributed by atoms with van der Waals surface area (Å²) in [5.74, 6) is 0.140. The van der Waals surface area contributed by atoms with Gasteiger partial charge in [0.15, 0.2) is 6.61 Å². The van der Waals surface area contributed by atoms with E-state index in [1.54, 1.807) is 18.2 Å². The fourth-order valence-corrected chi connectivity index (χ4v) is 2.32. The van der Waals surface area contributed by atoms with Crippen molar-refractivity contribution in [3.63, 3.8) is 0 Å². The summed E-state index contributed by atoms with van der Waals surface area (Å²) in [6, 6.07) is 14.6. The molecular formula is C17H16N2O3. The van der Waals surface area contributed by atoms with Crippen LogP contribution < -0.4 is 15.4 Å². The average molecular weight is 296 g/mol. The Morgan fingerprint density at radius 3 is 2.77 bits per heavy atom. The summed E-state index contributed by atoms with van der Waals surface area (Å²) < 4.78 is 5.32. The number of carbonyl (C=O) groups excluding carboxylic acids is 2. The second-order valence-electron chi connectivity index (χ2n) is 5.15. The highest BCUT2D eigenvalue weighted by molar-refractivity contribution is 5.99. The minimum atomic E-state index is -0.192. The molecule has 0 fully saturated rings. The van der Waals surface area contributed by atoms with Crippen molar-refractivity contribution in [1.82, 2.24) is 5.32 Å². The van der Waals surface area contributed by atoms with Crippen molar-refractivity contribution in [2.45, 2.75) is 13.0 Å². The van der Waals surface area contributed by atoms with Crippen molar-refractivity contribution < 1.29 is 14.3 Å². The van der Waals surface area contributed by atoms with Gasteiger partial charge in [0.05, 0.1) is 11.7 Å². The quantitative estimate of drug-likeness (QED) is 0.914. The number of fused-ring (bicyclic) bond motifs is 1. The van der Waals surface area contributed by atoms with Gasteiger partial charge in [0, 0.05) is 5.56 Å². The minimum absolute atomic E-state index is 0.0293. The first kappa shape index (κ1) is 14.1. The fraction of sp³-hybridized carbons (Fsp3) is 0.176. The van der Waals surface area contributed by atoms with Crippen molar-refractivity contribution in [3.8, 4) is 5.75 Å². The van der Waals surface area contributed by atoms with Gasteiger partial charge < -0.3 is 15.4 Å². The summed E-state index contributed by atoms with van der Waals surface area (Å²) >= 11 is 0. The van der Waals surface area contributed by atoms with Crippen molar-refractivity contribution in [2.75, 3.05) is 11.9 Å². The van der Waals surface area contributed by atoms with E-state index in [1.807, 2.05) is 37.3 Å². The number of nitrogens with one attached hydrogen (secondary N) is 2. The number of benzene rings is 2. The third-order valence-electron chi connectivity index (χ3n) is 3.52. The van der Waals surface area contributed by atoms with Crippen LogP contribution in [0.3, 0.4) is 0 Å². The van der Waals surface area contributed by atoms with Crippen molar-refractivity contribution in [3.05, 3.63) is 59.7 Å². The van der Waals surface area contributed by atoms with Crippen LogP contribution in [0, 0.1) is 0 Å². The molecule has 0 aliphatic carbocycles. The molecule has 0 unspecified atom stereocenters. The Bertz CT molecular complexity index is 713. The maximum atomic E-state index is 12.3. The molecule has 112 valence electrons. The second kappa shape index (κ2) is 5.89. The number of hydrogen-bond donors (Lipinski definition) is 2. The Morgan fingerprint density at radius 1 is 1.23 bits per heavy atom. The lowest BCUT2D eigenvalue weighted by Crippen LogP contribution is -2.28. The molecule has 0 saturated heterocycles. The second-order valence-corrected chi connectivity index (χ2v) is 5.15. The van der Waals surface area contributed by atoms with E-state index in [9.17, 15) is 9.59 Å². The van der Waals surface area contributed by atoms with E-state index < -0.39 is 0 Å². The molecular weight excluding hydrogens is 280 g/mol. The highest BCUT2D eigenvalue weighted by Gasteiger charge is 2.18. The third-order valence-corrected chi connectivity index (χ3v) is 3.52. The van der Waals surface area contributed by atoms with E-state index in [0.29, 0.717) is 17.0 Å². The largest absolute Gasteiger partial charge is 0.482 e. The lowest BCUT2D eigenvalue weighted by atomic mass is 10.1. The molecule has 1 atom stereocenters. The van der Waals surface area contributed by atoms with Gasteiger partial charge in [0.1, 0.15) is 5.75 Å². The summed E-state index contributed by atoms with van der Waals surface area (Å²) in [6.45, 7) is 1.90. The van der Waals surface area contributed by atoms with Crippen LogP contribution in [0.4, 0.5) is 5.69 Å². The molecule has 3 rings (SSSR count). The van der Waals surface area contributed by atoms with Crippen LogP contribution >= 0.6 is 0 Å². The Labute approximate surface area is 128 Å². The maximum absolute atomic E-state index is 12.3. The Balaban J connectivity index is 1.74. The van der Waals surface area contributed by atoms with Crippen molar-refractivity contribution in [1.29, 1.82) is 0 Å². The first-order chi connectivity index (χ1) is 10.6. The van der Waals surface area contributed by atoms with Gasteiger partial charge in [-0.05, 0) is 30.7 Å². The van der Waals surface area contributed by atoms with E-state index in [-0.39, 0.29) is 24.5 Å². The van der Waals surface area contributed by atoms with Gasteiger partial charge in [-0.2, -0.15) is 0 Å². The molecule has 1 aliphatic rings. The Hall–Kier alpha value is -2.82. The molecule has 0 saturated carbocycles. The minimum Gasteiger partial charge on any atom is -0.482 e. The van der Waals surface area contributed by atoms with Crippen LogP contribution in [-0.2, 0) is 4.79 Å². The molecule has 2 aromatic carbocycles. The van der Waals surface area contributed by atoms with Crippen LogP contribution in [0.2, 0.25) is 0 Å². The van der Waals surface area contributed by atoms with Crippen LogP contribution in [0.25, 0.3) is 0 Å². The highest BCUT2D eigenvalue weighted by Crippen LogP contribution is 2.28. The van der Waals surface area contributed by atoms with Gasteiger partial charge in [-0.1, -0.05) is 30.3 Å². The average Bonchev–Trinajstić information content (AvgIpc) is 2.55. The molecule has 2 amide bonds. The topological polar surface area (TPSA) is 67.4 Å². The van der Waals surface area contributed by atoms with Gasteiger partial charge in [0.2, 0.25) is 0 Å². The number of anilines is 1. The molecule has 2 N–H and O–H groups in total. The Morgan fingerprint density at radius 2 is 2.00 bits per heavy atom. The zero-order chi connectivity index (χ0) is 15.5. The molecule has 5 heteroatoms. The van der Waals surface area contributed by atoms with Crippen molar-refractivity contribution in [2.24, 2.45) is 0 Å². The summed E-state index contributed by atoms with van der Waals surface area (Å²) in [5, 5.41) is 5.64. The molecule has 0 aromatic heterocycles. The molecule has 1 heterocycles. The predicted octanol–water partition coefficient (Wildman–Crippen LogP) is 2.51. The number of hydrogen-bond acceptors (Lipinski definition) is 3. The van der Waals surface area contributed by atoms with Crippen molar-refractivity contribution >= 4 is 17.5 Å². The lowest BCUT2D eigenvalue weighted by molar-refractivity contribution is -0.118. The molecule has 5 nitrogen and oxygen atoms in total. The van der Waals surface area contributed by atoms with Gasteiger partial charge >= 0.3 is 0 Å². The summed E-state index contributed by atoms with van der Waals surface area (Å²) in [5.41, 5.74) is 2.12. The van der Waals surface area contributed by atoms with E-state index >= 15 is 0 Å². The molecule has 2 aromatic rings. The first-order valence-corrected chi connectivity index (χ1v) is 7.06. The first-order valence-electron chi connectivity index (χ1n) is 7.06. The highest BCUT2D eigenvalue weighted by atomic mass is 16.5. The molecule has 22 heavy (non-hydrogen) atoms. The predicted molar refractivity (Wildman–Crippen MR) is 82.9 cm³/mol. The summed E-state index contributed by atoms with van der Waals surface area (Å²) in [4.78, 5) is 23.6. The standard InChI is InChI=1S/C17H16N2O3/c1-11(12-5-3-2-4-6-12)18-17(21)13-7-8-14-15(9-13)22-10-16(20)19-14/h2-9,11H,10H2,1H3,(H,18,21)(H,19,20)/t11-/m0/s1. The normalized spacial score (nSPS) is 14.3. The number of rotatable bonds is 3. The zero-order valence-corrected chi connectivity index (χ0v) is 12.1. The number of carbonyl (C=O) groups is 2. The van der Waals surface area contributed by atoms with Gasteiger partial charge in [-0.25, -0.2) is 0 Å². The van der Waals surface area contributed by atoms with Crippen LogP contribution in [0.15, 0.2) is 48.5 Å². The van der Waals surface area contributed by atoms with E-state index in [2.05, 4.69) is 10.6 Å². The lowest BCUT2D eigenvalue weighted by Gasteiger charge is -2.19. The van der Waals surface area contributed by atoms with Crippen LogP contribution in [-0.4, -0.2) is 18.4 Å². The van der Waals surface area contributed by atoms with Crippen LogP contribution in [0.5, 0.6) is 5.75 Å². The molecule has 0 spiro atoms. The van der Waals surface area contributed by atoms with E-state index in [1.165, 1.54) is 0 Å². The smallest absolute Gasteiger partial charge is 0.262 e. The summed E-state index contributed by atoms with van der Waals surface area (Å²) in [6.07, 6.45) is 0. The van der Waals surface area contributed by atoms with Gasteiger partial charge in [-0.15, -0.1) is 0 Å². The molecule has 0 radical (unpaired) electrons. The Kier molecular flexibility index (Phi) is 3.78. The van der Waals surface area contributed by atoms with Gasteiger partial charge in [0.25, 0.3) is 11.8 Å². The fourth-order valence-electron chi connectivity index (χ4n) is 2.32. The monoisotopic (exact) mass is 296 g/mol. The van der Waals surface area contributed by atoms with E-state index in [0.717, 1.165) is 5.56 Å². The molecule has 1 aliphatic heterocycles. The number of ether oxygens (including phenoxy) is 1. The number of amides is 2. The zero-order valence-electron chi connectivity index (χ0n) is 12.1. The van der Waals surface area contributed by atoms with E-state index in [4.69, 9.17) is 4.74 Å². The SMILES string of the molecule is C[C@H](NC(=O)c1ccc2c(c1)OCC(=O)N2)c1ccccc1. The summed E-state index contributed by atoms with van der Waals surface area (Å²) in [7, 11) is 0. The maximum Gasteiger partial charge on any atom is 0.262 e. The third kappa shape index (κ3) is 2.93. The molecule has 0 bridgehead atoms. The van der Waals surface area contributed by atoms with Gasteiger partial charge in [-0.3, -0.25) is 9.59 Å². The van der Waals surface area contributed by atoms with Crippen LogP contribution in [0.1, 0.15) is 28.9 Å².